The zero-order valence-electron chi connectivity index (χ0n) is 12.3. The number of carbonyl (C=O) groups is 2. The van der Waals surface area contributed by atoms with Crippen LogP contribution in [0.1, 0.15) is 51.4 Å². The number of Topliss-reactive ketones (excluding diaryl/α,β-unsaturated/α-hetero) is 1. The first kappa shape index (κ1) is 16.7. The van der Waals surface area contributed by atoms with Crippen LogP contribution in [0, 0.1) is 0 Å². The second-order valence-electron chi connectivity index (χ2n) is 5.03. The van der Waals surface area contributed by atoms with E-state index in [4.69, 9.17) is 4.74 Å². The highest BCUT2D eigenvalue weighted by Crippen LogP contribution is 2.28. The van der Waals surface area contributed by atoms with Crippen molar-refractivity contribution in [3.05, 3.63) is 11.3 Å². The highest BCUT2D eigenvalue weighted by molar-refractivity contribution is 6.01. The number of methoxy groups -OCH3 is 2. The predicted octanol–water partition coefficient (Wildman–Crippen LogP) is 2.12. The molecule has 1 unspecified atom stereocenters. The molecule has 114 valence electrons. The molecule has 1 aliphatic rings. The first-order chi connectivity index (χ1) is 9.60. The van der Waals surface area contributed by atoms with E-state index < -0.39 is 6.10 Å². The van der Waals surface area contributed by atoms with Crippen LogP contribution in [0.25, 0.3) is 0 Å². The van der Waals surface area contributed by atoms with Crippen LogP contribution in [0.3, 0.4) is 0 Å². The van der Waals surface area contributed by atoms with Gasteiger partial charge in [0.05, 0.1) is 14.2 Å². The average Bonchev–Trinajstić information content (AvgIpc) is 2.73. The molecule has 0 radical (unpaired) electrons. The molecule has 0 bridgehead atoms. The lowest BCUT2D eigenvalue weighted by Gasteiger charge is -2.05. The third-order valence-corrected chi connectivity index (χ3v) is 3.60. The summed E-state index contributed by atoms with van der Waals surface area (Å²) in [6.45, 7) is 0. The lowest BCUT2D eigenvalue weighted by atomic mass is 10.0. The van der Waals surface area contributed by atoms with Crippen molar-refractivity contribution in [1.29, 1.82) is 0 Å². The molecule has 5 nitrogen and oxygen atoms in total. The fourth-order valence-corrected chi connectivity index (χ4v) is 2.40. The van der Waals surface area contributed by atoms with E-state index >= 15 is 0 Å². The zero-order valence-corrected chi connectivity index (χ0v) is 12.3. The number of aliphatic hydroxyl groups excluding tert-OH is 1. The van der Waals surface area contributed by atoms with Crippen LogP contribution in [0.2, 0.25) is 0 Å². The Morgan fingerprint density at radius 1 is 1.20 bits per heavy atom. The molecule has 1 rings (SSSR count). The van der Waals surface area contributed by atoms with E-state index in [0.717, 1.165) is 32.1 Å². The summed E-state index contributed by atoms with van der Waals surface area (Å²) in [7, 11) is 2.93. The Kier molecular flexibility index (Phi) is 7.30. The lowest BCUT2D eigenvalue weighted by molar-refractivity contribution is -0.140. The molecule has 0 saturated carbocycles. The van der Waals surface area contributed by atoms with Gasteiger partial charge in [-0.2, -0.15) is 0 Å². The van der Waals surface area contributed by atoms with Crippen molar-refractivity contribution in [2.24, 2.45) is 0 Å². The molecule has 0 aromatic heterocycles. The van der Waals surface area contributed by atoms with Crippen molar-refractivity contribution in [3.8, 4) is 0 Å². The van der Waals surface area contributed by atoms with Gasteiger partial charge in [-0.15, -0.1) is 0 Å². The molecule has 0 amide bonds. The monoisotopic (exact) mass is 284 g/mol. The van der Waals surface area contributed by atoms with Gasteiger partial charge in [0.15, 0.2) is 5.78 Å². The van der Waals surface area contributed by atoms with E-state index in [0.29, 0.717) is 30.6 Å². The van der Waals surface area contributed by atoms with Gasteiger partial charge in [-0.3, -0.25) is 9.59 Å². The molecular weight excluding hydrogens is 260 g/mol. The van der Waals surface area contributed by atoms with Crippen molar-refractivity contribution in [2.75, 3.05) is 14.2 Å². The largest absolute Gasteiger partial charge is 0.501 e. The van der Waals surface area contributed by atoms with Gasteiger partial charge in [-0.1, -0.05) is 19.3 Å². The summed E-state index contributed by atoms with van der Waals surface area (Å²) < 4.78 is 9.72. The Balaban J connectivity index is 2.15. The first-order valence-electron chi connectivity index (χ1n) is 7.15. The fraction of sp³-hybridized carbons (Fsp3) is 0.733. The molecule has 1 aliphatic carbocycles. The van der Waals surface area contributed by atoms with Gasteiger partial charge in [0.25, 0.3) is 0 Å². The summed E-state index contributed by atoms with van der Waals surface area (Å²) in [4.78, 5) is 22.6. The van der Waals surface area contributed by atoms with Crippen LogP contribution in [0.15, 0.2) is 11.3 Å². The average molecular weight is 284 g/mol. The Hall–Kier alpha value is -1.36. The minimum absolute atomic E-state index is 0.162. The van der Waals surface area contributed by atoms with E-state index in [1.54, 1.807) is 0 Å². The number of unbranched alkanes of at least 4 members (excludes halogenated alkanes) is 4. The second-order valence-corrected chi connectivity index (χ2v) is 5.03. The molecule has 0 saturated heterocycles. The van der Waals surface area contributed by atoms with Crippen molar-refractivity contribution in [3.63, 3.8) is 0 Å². The Morgan fingerprint density at radius 2 is 1.85 bits per heavy atom. The van der Waals surface area contributed by atoms with E-state index in [1.807, 2.05) is 0 Å². The number of ether oxygens (including phenoxy) is 2. The number of rotatable bonds is 9. The number of aliphatic hydroxyl groups is 1. The Bertz CT molecular complexity index is 372. The standard InChI is InChI=1S/C15H24O5/c1-19-13-10-12(16)15(18)11(13)8-6-4-3-5-7-9-14(17)20-2/h12,16H,3-10H2,1-2H3. The van der Waals surface area contributed by atoms with Crippen LogP contribution < -0.4 is 0 Å². The van der Waals surface area contributed by atoms with Gasteiger partial charge < -0.3 is 14.6 Å². The zero-order chi connectivity index (χ0) is 15.0. The number of esters is 1. The second kappa shape index (κ2) is 8.74. The van der Waals surface area contributed by atoms with Crippen molar-refractivity contribution in [2.45, 2.75) is 57.5 Å². The SMILES string of the molecule is COC(=O)CCCCCCCC1=C(OC)CC(O)C1=O. The van der Waals surface area contributed by atoms with Crippen molar-refractivity contribution >= 4 is 11.8 Å². The van der Waals surface area contributed by atoms with Crippen LogP contribution >= 0.6 is 0 Å². The molecule has 0 spiro atoms. The number of hydrogen-bond acceptors (Lipinski definition) is 5. The van der Waals surface area contributed by atoms with E-state index in [2.05, 4.69) is 4.74 Å². The van der Waals surface area contributed by atoms with Crippen LogP contribution in [0.5, 0.6) is 0 Å². The highest BCUT2D eigenvalue weighted by atomic mass is 16.5. The third-order valence-electron chi connectivity index (χ3n) is 3.60. The predicted molar refractivity (Wildman–Crippen MR) is 74.0 cm³/mol. The topological polar surface area (TPSA) is 72.8 Å². The van der Waals surface area contributed by atoms with Gasteiger partial charge in [-0.25, -0.2) is 0 Å². The summed E-state index contributed by atoms with van der Waals surface area (Å²) in [6, 6.07) is 0. The quantitative estimate of drug-likeness (QED) is 0.518. The molecule has 0 aliphatic heterocycles. The van der Waals surface area contributed by atoms with E-state index in [9.17, 15) is 14.7 Å². The molecule has 1 N–H and O–H groups in total. The van der Waals surface area contributed by atoms with E-state index in [1.165, 1.54) is 14.2 Å². The number of ketones is 1. The van der Waals surface area contributed by atoms with Crippen LogP contribution in [-0.4, -0.2) is 37.2 Å². The maximum Gasteiger partial charge on any atom is 0.305 e. The lowest BCUT2D eigenvalue weighted by Crippen LogP contribution is -2.15. The maximum absolute atomic E-state index is 11.7. The van der Waals surface area contributed by atoms with Crippen molar-refractivity contribution < 1.29 is 24.2 Å². The van der Waals surface area contributed by atoms with Crippen LogP contribution in [0.4, 0.5) is 0 Å². The molecule has 0 aromatic rings. The molecular formula is C15H24O5. The molecule has 20 heavy (non-hydrogen) atoms. The number of carbonyl (C=O) groups excluding carboxylic acids is 2. The molecule has 0 aromatic carbocycles. The maximum atomic E-state index is 11.7. The summed E-state index contributed by atoms with van der Waals surface area (Å²) in [5.41, 5.74) is 0.648. The van der Waals surface area contributed by atoms with Gasteiger partial charge in [0.2, 0.25) is 0 Å². The Labute approximate surface area is 119 Å². The Morgan fingerprint density at radius 3 is 2.50 bits per heavy atom. The van der Waals surface area contributed by atoms with Gasteiger partial charge >= 0.3 is 5.97 Å². The van der Waals surface area contributed by atoms with Crippen molar-refractivity contribution in [1.82, 2.24) is 0 Å². The first-order valence-corrected chi connectivity index (χ1v) is 7.15. The van der Waals surface area contributed by atoms with Gasteiger partial charge in [0.1, 0.15) is 11.9 Å². The molecule has 5 heteroatoms. The summed E-state index contributed by atoms with van der Waals surface area (Å²) >= 11 is 0. The third kappa shape index (κ3) is 4.96. The van der Waals surface area contributed by atoms with Crippen LogP contribution in [-0.2, 0) is 19.1 Å². The summed E-state index contributed by atoms with van der Waals surface area (Å²) in [5.74, 6) is 0.283. The molecule has 0 fully saturated rings. The normalized spacial score (nSPS) is 18.6. The highest BCUT2D eigenvalue weighted by Gasteiger charge is 2.31. The van der Waals surface area contributed by atoms with Gasteiger partial charge in [-0.05, 0) is 19.3 Å². The summed E-state index contributed by atoms with van der Waals surface area (Å²) in [6.07, 6.45) is 5.30. The summed E-state index contributed by atoms with van der Waals surface area (Å²) in [5, 5.41) is 9.50. The molecule has 0 heterocycles. The minimum atomic E-state index is -0.917. The smallest absolute Gasteiger partial charge is 0.305 e. The van der Waals surface area contributed by atoms with Gasteiger partial charge in [0, 0.05) is 18.4 Å². The number of hydrogen-bond donors (Lipinski definition) is 1. The molecule has 1 atom stereocenters. The van der Waals surface area contributed by atoms with E-state index in [-0.39, 0.29) is 11.8 Å². The fourth-order valence-electron chi connectivity index (χ4n) is 2.40. The minimum Gasteiger partial charge on any atom is -0.501 e.